The Balaban J connectivity index is 1.56. The fourth-order valence-corrected chi connectivity index (χ4v) is 2.67. The molecule has 23 heavy (non-hydrogen) atoms. The first-order valence-corrected chi connectivity index (χ1v) is 7.87. The molecule has 0 bridgehead atoms. The van der Waals surface area contributed by atoms with Gasteiger partial charge in [0.25, 0.3) is 5.91 Å². The van der Waals surface area contributed by atoms with Crippen LogP contribution in [0.2, 0.25) is 5.02 Å². The number of hydrogen-bond donors (Lipinski definition) is 2. The summed E-state index contributed by atoms with van der Waals surface area (Å²) in [5.41, 5.74) is 1.64. The fraction of sp³-hybridized carbons (Fsp3) is 0.105. The van der Waals surface area contributed by atoms with E-state index in [2.05, 4.69) is 28.8 Å². The van der Waals surface area contributed by atoms with Gasteiger partial charge in [0.1, 0.15) is 0 Å². The summed E-state index contributed by atoms with van der Waals surface area (Å²) in [4.78, 5) is 12.0. The van der Waals surface area contributed by atoms with Gasteiger partial charge >= 0.3 is 0 Å². The van der Waals surface area contributed by atoms with E-state index in [1.165, 1.54) is 10.8 Å². The molecule has 0 heterocycles. The van der Waals surface area contributed by atoms with Crippen LogP contribution in [0, 0.1) is 0 Å². The van der Waals surface area contributed by atoms with Crippen molar-refractivity contribution in [3.63, 3.8) is 0 Å². The Morgan fingerprint density at radius 2 is 1.70 bits per heavy atom. The Labute approximate surface area is 140 Å². The number of rotatable bonds is 5. The van der Waals surface area contributed by atoms with Crippen molar-refractivity contribution in [1.29, 1.82) is 0 Å². The lowest BCUT2D eigenvalue weighted by molar-refractivity contribution is 0.0955. The van der Waals surface area contributed by atoms with Crippen LogP contribution in [0.1, 0.15) is 10.4 Å². The molecule has 0 aliphatic carbocycles. The summed E-state index contributed by atoms with van der Waals surface area (Å²) in [7, 11) is 0. The van der Waals surface area contributed by atoms with E-state index in [4.69, 9.17) is 11.6 Å². The minimum absolute atomic E-state index is 0.118. The minimum atomic E-state index is -0.118. The smallest absolute Gasteiger partial charge is 0.251 e. The maximum absolute atomic E-state index is 12.0. The van der Waals surface area contributed by atoms with Crippen LogP contribution in [0.5, 0.6) is 0 Å². The highest BCUT2D eigenvalue weighted by Gasteiger charge is 2.05. The van der Waals surface area contributed by atoms with Gasteiger partial charge in [0.15, 0.2) is 0 Å². The van der Waals surface area contributed by atoms with Gasteiger partial charge in [-0.3, -0.25) is 4.79 Å². The maximum atomic E-state index is 12.0. The van der Waals surface area contributed by atoms with E-state index in [9.17, 15) is 4.79 Å². The van der Waals surface area contributed by atoms with E-state index in [0.29, 0.717) is 23.7 Å². The average molecular weight is 325 g/mol. The number of carbonyl (C=O) groups excluding carboxylic acids is 1. The molecule has 0 radical (unpaired) electrons. The zero-order chi connectivity index (χ0) is 16.1. The second kappa shape index (κ2) is 7.16. The van der Waals surface area contributed by atoms with Gasteiger partial charge in [-0.05, 0) is 29.7 Å². The highest BCUT2D eigenvalue weighted by Crippen LogP contribution is 2.22. The molecule has 0 aliphatic rings. The molecule has 0 saturated heterocycles. The van der Waals surface area contributed by atoms with Crippen LogP contribution < -0.4 is 10.6 Å². The van der Waals surface area contributed by atoms with E-state index in [-0.39, 0.29) is 5.91 Å². The normalized spacial score (nSPS) is 10.5. The first-order valence-electron chi connectivity index (χ1n) is 7.49. The van der Waals surface area contributed by atoms with E-state index in [1.807, 2.05) is 24.3 Å². The molecular weight excluding hydrogens is 308 g/mol. The highest BCUT2D eigenvalue weighted by molar-refractivity contribution is 6.30. The van der Waals surface area contributed by atoms with Crippen LogP contribution >= 0.6 is 11.6 Å². The molecule has 0 saturated carbocycles. The standard InChI is InChI=1S/C19H17ClN2O/c20-16-8-3-7-15(13-16)19(23)22-12-11-21-18-10-4-6-14-5-1-2-9-17(14)18/h1-10,13,21H,11-12H2,(H,22,23). The molecule has 3 aromatic carbocycles. The van der Waals surface area contributed by atoms with Crippen molar-refractivity contribution in [2.75, 3.05) is 18.4 Å². The number of halogens is 1. The minimum Gasteiger partial charge on any atom is -0.383 e. The molecule has 0 aliphatic heterocycles. The van der Waals surface area contributed by atoms with Gasteiger partial charge in [0.05, 0.1) is 0 Å². The molecule has 4 heteroatoms. The number of amides is 1. The topological polar surface area (TPSA) is 41.1 Å². The van der Waals surface area contributed by atoms with Crippen molar-refractivity contribution < 1.29 is 4.79 Å². The summed E-state index contributed by atoms with van der Waals surface area (Å²) in [6, 6.07) is 21.3. The zero-order valence-electron chi connectivity index (χ0n) is 12.6. The molecule has 0 unspecified atom stereocenters. The number of hydrogen-bond acceptors (Lipinski definition) is 2. The molecule has 3 rings (SSSR count). The van der Waals surface area contributed by atoms with Crippen LogP contribution in [0.3, 0.4) is 0 Å². The van der Waals surface area contributed by atoms with Gasteiger partial charge in [0, 0.05) is 34.7 Å². The monoisotopic (exact) mass is 324 g/mol. The molecular formula is C19H17ClN2O. The summed E-state index contributed by atoms with van der Waals surface area (Å²) in [5, 5.41) is 9.18. The maximum Gasteiger partial charge on any atom is 0.251 e. The summed E-state index contributed by atoms with van der Waals surface area (Å²) >= 11 is 5.89. The predicted octanol–water partition coefficient (Wildman–Crippen LogP) is 4.34. The highest BCUT2D eigenvalue weighted by atomic mass is 35.5. The second-order valence-electron chi connectivity index (χ2n) is 5.22. The summed E-state index contributed by atoms with van der Waals surface area (Å²) in [6.45, 7) is 1.19. The lowest BCUT2D eigenvalue weighted by Gasteiger charge is -2.10. The second-order valence-corrected chi connectivity index (χ2v) is 5.66. The number of benzene rings is 3. The zero-order valence-corrected chi connectivity index (χ0v) is 13.3. The van der Waals surface area contributed by atoms with Gasteiger partial charge in [0.2, 0.25) is 0 Å². The summed E-state index contributed by atoms with van der Waals surface area (Å²) in [6.07, 6.45) is 0. The number of fused-ring (bicyclic) bond motifs is 1. The Morgan fingerprint density at radius 3 is 2.57 bits per heavy atom. The average Bonchev–Trinajstić information content (AvgIpc) is 2.58. The van der Waals surface area contributed by atoms with Crippen molar-refractivity contribution in [3.05, 3.63) is 77.3 Å². The molecule has 1 amide bonds. The Bertz CT molecular complexity index is 827. The van der Waals surface area contributed by atoms with Gasteiger partial charge < -0.3 is 10.6 Å². The molecule has 2 N–H and O–H groups in total. The molecule has 3 nitrogen and oxygen atoms in total. The number of nitrogens with one attached hydrogen (secondary N) is 2. The lowest BCUT2D eigenvalue weighted by Crippen LogP contribution is -2.28. The molecule has 3 aromatic rings. The molecule has 116 valence electrons. The van der Waals surface area contributed by atoms with E-state index >= 15 is 0 Å². The number of carbonyl (C=O) groups is 1. The van der Waals surface area contributed by atoms with Crippen LogP contribution in [0.25, 0.3) is 10.8 Å². The van der Waals surface area contributed by atoms with Crippen molar-refractivity contribution in [2.45, 2.75) is 0 Å². The van der Waals surface area contributed by atoms with Gasteiger partial charge in [-0.15, -0.1) is 0 Å². The van der Waals surface area contributed by atoms with Crippen molar-refractivity contribution >= 4 is 34.0 Å². The quantitative estimate of drug-likeness (QED) is 0.686. The number of anilines is 1. The SMILES string of the molecule is O=C(NCCNc1cccc2ccccc12)c1cccc(Cl)c1. The first-order chi connectivity index (χ1) is 11.2. The summed E-state index contributed by atoms with van der Waals surface area (Å²) in [5.74, 6) is -0.118. The van der Waals surface area contributed by atoms with Crippen molar-refractivity contribution in [1.82, 2.24) is 5.32 Å². The molecule has 0 atom stereocenters. The lowest BCUT2D eigenvalue weighted by atomic mass is 10.1. The Kier molecular flexibility index (Phi) is 4.79. The first kappa shape index (κ1) is 15.4. The van der Waals surface area contributed by atoms with Crippen LogP contribution in [0.15, 0.2) is 66.7 Å². The third-order valence-electron chi connectivity index (χ3n) is 3.60. The van der Waals surface area contributed by atoms with E-state index in [1.54, 1.807) is 24.3 Å². The molecule has 0 fully saturated rings. The fourth-order valence-electron chi connectivity index (χ4n) is 2.48. The third kappa shape index (κ3) is 3.82. The van der Waals surface area contributed by atoms with Gasteiger partial charge in [-0.2, -0.15) is 0 Å². The van der Waals surface area contributed by atoms with E-state index in [0.717, 1.165) is 5.69 Å². The van der Waals surface area contributed by atoms with Crippen LogP contribution in [0.4, 0.5) is 5.69 Å². The largest absolute Gasteiger partial charge is 0.383 e. The molecule has 0 spiro atoms. The van der Waals surface area contributed by atoms with E-state index < -0.39 is 0 Å². The Morgan fingerprint density at radius 1 is 0.913 bits per heavy atom. The Hall–Kier alpha value is -2.52. The summed E-state index contributed by atoms with van der Waals surface area (Å²) < 4.78 is 0. The van der Waals surface area contributed by atoms with Gasteiger partial charge in [-0.25, -0.2) is 0 Å². The third-order valence-corrected chi connectivity index (χ3v) is 3.84. The molecule has 0 aromatic heterocycles. The van der Waals surface area contributed by atoms with Crippen LogP contribution in [-0.2, 0) is 0 Å². The van der Waals surface area contributed by atoms with Crippen molar-refractivity contribution in [2.24, 2.45) is 0 Å². The van der Waals surface area contributed by atoms with Crippen molar-refractivity contribution in [3.8, 4) is 0 Å². The van der Waals surface area contributed by atoms with Gasteiger partial charge in [-0.1, -0.05) is 54.1 Å². The predicted molar refractivity (Wildman–Crippen MR) is 96.2 cm³/mol. The van der Waals surface area contributed by atoms with Crippen LogP contribution in [-0.4, -0.2) is 19.0 Å².